The number of nitrogens with zero attached hydrogens (tertiary/aromatic N) is 5. The van der Waals surface area contributed by atoms with Crippen LogP contribution in [0.1, 0.15) is 103 Å². The van der Waals surface area contributed by atoms with E-state index in [2.05, 4.69) is 44.2 Å². The third kappa shape index (κ3) is 19.9. The first-order valence-electron chi connectivity index (χ1n) is 19.0. The number of aldehydes is 2. The maximum atomic E-state index is 12.1. The Bertz CT molecular complexity index is 1580. The molecule has 3 fully saturated rings. The second-order valence-electron chi connectivity index (χ2n) is 13.1. The molecule has 10 heteroatoms. The normalized spacial score (nSPS) is 15.5. The van der Waals surface area contributed by atoms with Crippen LogP contribution in [0.4, 0.5) is 15.8 Å². The van der Waals surface area contributed by atoms with Crippen molar-refractivity contribution < 1.29 is 19.1 Å². The lowest BCUT2D eigenvalue weighted by atomic mass is 10.1. The van der Waals surface area contributed by atoms with Gasteiger partial charge in [-0.15, -0.1) is 0 Å². The number of anilines is 2. The van der Waals surface area contributed by atoms with E-state index in [0.29, 0.717) is 11.8 Å². The van der Waals surface area contributed by atoms with Gasteiger partial charge in [0.25, 0.3) is 6.54 Å². The van der Waals surface area contributed by atoms with Gasteiger partial charge in [0, 0.05) is 48.7 Å². The second-order valence-corrected chi connectivity index (χ2v) is 13.1. The molecule has 286 valence electrons. The summed E-state index contributed by atoms with van der Waals surface area (Å²) in [6.45, 7) is 13.0. The summed E-state index contributed by atoms with van der Waals surface area (Å²) in [7, 11) is 0. The minimum Gasteiger partial charge on any atom is -0.499 e. The molecular formula is C44H55FN6O3. The summed E-state index contributed by atoms with van der Waals surface area (Å²) >= 11 is 0. The molecule has 3 heterocycles. The highest BCUT2D eigenvalue weighted by Gasteiger charge is 2.10. The number of carbonyl (C=O) groups is 2. The summed E-state index contributed by atoms with van der Waals surface area (Å²) < 4.78 is 12.1. The number of rotatable bonds is 5. The quantitative estimate of drug-likeness (QED) is 0.0663. The average Bonchev–Trinajstić information content (AvgIpc) is 3.80. The van der Waals surface area contributed by atoms with E-state index in [-0.39, 0.29) is 18.1 Å². The third-order valence-corrected chi connectivity index (χ3v) is 8.90. The maximum Gasteiger partial charge on any atom is 0.298 e. The first-order valence-corrected chi connectivity index (χ1v) is 19.0. The van der Waals surface area contributed by atoms with Gasteiger partial charge >= 0.3 is 0 Å². The standard InChI is InChI=1S/C15H18N2O.C13H17NO.C7H5FO.C6H13N.C3H2N2/c16-12-15(18)11-13-5-7-14(8-6-13)17-9-3-1-2-4-10-17;15-11-12-5-7-13(8-6-12)14-9-3-1-2-4-10-14;8-7-3-1-6(5-9)2-4-7;1-2-4-6-7-5-3-1;1-5-3-2-4/h5-8,11,18H,1-4,9-10H2;5-8,11H,1-4,9-10H2;1-5H;7H,1-6H2;3H2/b15-11-;;;;. The Labute approximate surface area is 321 Å². The van der Waals surface area contributed by atoms with Gasteiger partial charge < -0.3 is 25.1 Å². The topological polar surface area (TPSA) is 125 Å². The molecule has 0 aromatic heterocycles. The van der Waals surface area contributed by atoms with E-state index >= 15 is 0 Å². The Morgan fingerprint density at radius 3 is 1.41 bits per heavy atom. The molecule has 6 rings (SSSR count). The summed E-state index contributed by atoms with van der Waals surface area (Å²) in [4.78, 5) is 28.1. The first-order chi connectivity index (χ1) is 26.4. The first kappa shape index (κ1) is 44.7. The van der Waals surface area contributed by atoms with Crippen LogP contribution in [0.5, 0.6) is 0 Å². The van der Waals surface area contributed by atoms with E-state index in [4.69, 9.17) is 22.2 Å². The van der Waals surface area contributed by atoms with Crippen molar-refractivity contribution in [1.29, 1.82) is 10.5 Å². The molecule has 3 saturated heterocycles. The largest absolute Gasteiger partial charge is 0.499 e. The molecule has 3 aliphatic heterocycles. The van der Waals surface area contributed by atoms with Crippen LogP contribution in [0.3, 0.4) is 0 Å². The van der Waals surface area contributed by atoms with Crippen molar-refractivity contribution in [2.75, 3.05) is 55.6 Å². The predicted octanol–water partition coefficient (Wildman–Crippen LogP) is 9.59. The second kappa shape index (κ2) is 29.0. The number of hydrogen-bond donors (Lipinski definition) is 2. The molecule has 0 unspecified atom stereocenters. The van der Waals surface area contributed by atoms with Crippen LogP contribution in [0.2, 0.25) is 0 Å². The van der Waals surface area contributed by atoms with Crippen molar-refractivity contribution in [2.45, 2.75) is 77.0 Å². The van der Waals surface area contributed by atoms with Crippen molar-refractivity contribution >= 4 is 30.0 Å². The van der Waals surface area contributed by atoms with E-state index in [0.717, 1.165) is 43.6 Å². The summed E-state index contributed by atoms with van der Waals surface area (Å²) in [5.41, 5.74) is 4.59. The van der Waals surface area contributed by atoms with Crippen molar-refractivity contribution in [3.05, 3.63) is 112 Å². The number of nitriles is 2. The minimum atomic E-state index is -0.319. The molecule has 0 bridgehead atoms. The molecule has 0 spiro atoms. The fourth-order valence-electron chi connectivity index (χ4n) is 5.95. The number of carbonyl (C=O) groups excluding carboxylic acids is 2. The monoisotopic (exact) mass is 734 g/mol. The van der Waals surface area contributed by atoms with Gasteiger partial charge in [-0.2, -0.15) is 10.5 Å². The zero-order chi connectivity index (χ0) is 39.1. The molecule has 9 nitrogen and oxygen atoms in total. The lowest BCUT2D eigenvalue weighted by Crippen LogP contribution is -2.23. The number of allylic oxidation sites excluding steroid dienone is 1. The Balaban J connectivity index is 0.000000251. The van der Waals surface area contributed by atoms with Crippen molar-refractivity contribution in [3.63, 3.8) is 0 Å². The van der Waals surface area contributed by atoms with Gasteiger partial charge in [-0.1, -0.05) is 50.7 Å². The van der Waals surface area contributed by atoms with Crippen LogP contribution in [-0.2, 0) is 0 Å². The molecule has 3 aromatic carbocycles. The molecule has 2 N–H and O–H groups in total. The molecule has 0 saturated carbocycles. The maximum absolute atomic E-state index is 12.1. The van der Waals surface area contributed by atoms with E-state index in [1.807, 2.05) is 24.3 Å². The molecule has 54 heavy (non-hydrogen) atoms. The van der Waals surface area contributed by atoms with Crippen molar-refractivity contribution in [1.82, 2.24) is 5.32 Å². The molecule has 0 atom stereocenters. The van der Waals surface area contributed by atoms with Gasteiger partial charge in [-0.3, -0.25) is 9.59 Å². The fourth-order valence-corrected chi connectivity index (χ4v) is 5.95. The highest BCUT2D eigenvalue weighted by atomic mass is 19.1. The minimum absolute atomic E-state index is 0.0139. The number of aliphatic hydroxyl groups excluding tert-OH is 1. The van der Waals surface area contributed by atoms with Gasteiger partial charge in [0.2, 0.25) is 0 Å². The van der Waals surface area contributed by atoms with E-state index in [1.54, 1.807) is 12.1 Å². The van der Waals surface area contributed by atoms with E-state index in [9.17, 15) is 14.0 Å². The average molecular weight is 735 g/mol. The molecule has 3 aromatic rings. The summed E-state index contributed by atoms with van der Waals surface area (Å²) in [5, 5.41) is 28.6. The van der Waals surface area contributed by atoms with Crippen LogP contribution in [0, 0.1) is 35.1 Å². The van der Waals surface area contributed by atoms with Crippen LogP contribution in [0.25, 0.3) is 10.9 Å². The zero-order valence-corrected chi connectivity index (χ0v) is 31.5. The molecular weight excluding hydrogens is 680 g/mol. The highest BCUT2D eigenvalue weighted by molar-refractivity contribution is 5.75. The highest BCUT2D eigenvalue weighted by Crippen LogP contribution is 2.21. The summed E-state index contributed by atoms with van der Waals surface area (Å²) in [6, 6.07) is 24.6. The van der Waals surface area contributed by atoms with Crippen LogP contribution < -0.4 is 15.1 Å². The predicted molar refractivity (Wildman–Crippen MR) is 216 cm³/mol. The summed E-state index contributed by atoms with van der Waals surface area (Å²) in [5.74, 6) is -0.571. The van der Waals surface area contributed by atoms with Crippen LogP contribution in [0.15, 0.2) is 78.6 Å². The Kier molecular flexibility index (Phi) is 24.0. The van der Waals surface area contributed by atoms with Crippen molar-refractivity contribution in [2.24, 2.45) is 0 Å². The number of aliphatic hydroxyl groups is 1. The molecule has 3 aliphatic rings. The van der Waals surface area contributed by atoms with Gasteiger partial charge in [0.05, 0.1) is 0 Å². The van der Waals surface area contributed by atoms with Gasteiger partial charge in [-0.25, -0.2) is 11.0 Å². The van der Waals surface area contributed by atoms with Gasteiger partial charge in [0.1, 0.15) is 30.5 Å². The van der Waals surface area contributed by atoms with Gasteiger partial charge in [-0.05, 0) is 124 Å². The number of nitrogens with one attached hydrogen (secondary N) is 1. The fraction of sp³-hybridized carbons (Fsp3) is 0.432. The lowest BCUT2D eigenvalue weighted by Gasteiger charge is -2.22. The molecule has 0 amide bonds. The van der Waals surface area contributed by atoms with Gasteiger partial charge in [0.15, 0.2) is 5.76 Å². The lowest BCUT2D eigenvalue weighted by molar-refractivity contribution is 0.111. The van der Waals surface area contributed by atoms with Crippen LogP contribution in [-0.4, -0.2) is 63.5 Å². The SMILES string of the molecule is C1CCCNCC1.N#C/C(O)=C/c1ccc(N2CCCCCC2)cc1.O=Cc1ccc(F)cc1.O=Cc1ccc(N2CCCCCC2)cc1.[C-]#[N+]CC#N. The number of benzene rings is 3. The smallest absolute Gasteiger partial charge is 0.298 e. The molecule has 0 radical (unpaired) electrons. The summed E-state index contributed by atoms with van der Waals surface area (Å²) in [6.07, 6.45) is 19.2. The Morgan fingerprint density at radius 1 is 0.667 bits per heavy atom. The van der Waals surface area contributed by atoms with Crippen LogP contribution >= 0.6 is 0 Å². The van der Waals surface area contributed by atoms with E-state index in [1.165, 1.54) is 132 Å². The Hall–Kier alpha value is -5.50. The third-order valence-electron chi connectivity index (χ3n) is 8.90. The van der Waals surface area contributed by atoms with Crippen molar-refractivity contribution in [3.8, 4) is 12.1 Å². The Morgan fingerprint density at radius 2 is 1.06 bits per heavy atom. The van der Waals surface area contributed by atoms with E-state index < -0.39 is 0 Å². The molecule has 0 aliphatic carbocycles. The number of halogens is 1. The zero-order valence-electron chi connectivity index (χ0n) is 31.5. The number of hydrogen-bond acceptors (Lipinski definition) is 8.